The number of methoxy groups -OCH3 is 1. The molecule has 0 radical (unpaired) electrons. The second-order valence-electron chi connectivity index (χ2n) is 22.5. The van der Waals surface area contributed by atoms with E-state index in [1.807, 2.05) is 54.5 Å². The average Bonchev–Trinajstić information content (AvgIpc) is 4.24. The number of hydrogen-bond acceptors (Lipinski definition) is 9. The lowest BCUT2D eigenvalue weighted by atomic mass is 10.0. The highest BCUT2D eigenvalue weighted by Crippen LogP contribution is 2.52. The first-order valence-electron chi connectivity index (χ1n) is 27.0. The number of imidazole rings is 2. The molecule has 10 atom stereocenters. The zero-order valence-electron chi connectivity index (χ0n) is 42.7. The van der Waals surface area contributed by atoms with Crippen LogP contribution in [0.5, 0.6) is 0 Å². The number of halogens is 2. The molecule has 6 aliphatic rings. The Morgan fingerprint density at radius 3 is 1.66 bits per heavy atom. The van der Waals surface area contributed by atoms with E-state index in [1.54, 1.807) is 0 Å². The van der Waals surface area contributed by atoms with Gasteiger partial charge in [0.1, 0.15) is 29.4 Å². The Morgan fingerprint density at radius 2 is 1.18 bits per heavy atom. The molecule has 5 aromatic rings. The van der Waals surface area contributed by atoms with Crippen LogP contribution >= 0.6 is 0 Å². The third-order valence-electron chi connectivity index (χ3n) is 17.6. The van der Waals surface area contributed by atoms with Crippen LogP contribution in [0.1, 0.15) is 158 Å². The van der Waals surface area contributed by atoms with E-state index in [0.29, 0.717) is 55.7 Å². The molecular formula is C56H70F2N10O5. The molecule has 4 N–H and O–H groups in total. The highest BCUT2D eigenvalue weighted by molar-refractivity contribution is 5.87. The van der Waals surface area contributed by atoms with Crippen LogP contribution in [0.15, 0.2) is 48.5 Å². The van der Waals surface area contributed by atoms with Gasteiger partial charge in [0.15, 0.2) is 11.6 Å². The zero-order valence-corrected chi connectivity index (χ0v) is 42.7. The fourth-order valence-electron chi connectivity index (χ4n) is 14.1. The van der Waals surface area contributed by atoms with E-state index in [4.69, 9.17) is 14.7 Å². The van der Waals surface area contributed by atoms with Crippen LogP contribution < -0.4 is 20.4 Å². The number of hydrogen-bond donors (Lipinski definition) is 4. The highest BCUT2D eigenvalue weighted by Gasteiger charge is 2.51. The number of fused-ring (bicyclic) bond motifs is 4. The maximum absolute atomic E-state index is 16.5. The van der Waals surface area contributed by atoms with Crippen LogP contribution in [-0.2, 0) is 19.1 Å². The summed E-state index contributed by atoms with van der Waals surface area (Å²) in [4.78, 5) is 78.3. The van der Waals surface area contributed by atoms with E-state index in [1.165, 1.54) is 19.2 Å². The second kappa shape index (κ2) is 19.9. The molecule has 0 bridgehead atoms. The van der Waals surface area contributed by atoms with Gasteiger partial charge in [0, 0.05) is 30.9 Å². The molecule has 73 heavy (non-hydrogen) atoms. The van der Waals surface area contributed by atoms with E-state index >= 15 is 8.78 Å². The quantitative estimate of drug-likeness (QED) is 0.0839. The van der Waals surface area contributed by atoms with Crippen molar-refractivity contribution in [2.24, 2.45) is 23.7 Å². The molecule has 3 aromatic carbocycles. The van der Waals surface area contributed by atoms with Gasteiger partial charge >= 0.3 is 6.09 Å². The molecule has 2 saturated carbocycles. The normalized spacial score (nSPS) is 26.8. The Kier molecular flexibility index (Phi) is 13.3. The number of ether oxygens (including phenoxy) is 1. The lowest BCUT2D eigenvalue weighted by molar-refractivity contribution is -0.139. The van der Waals surface area contributed by atoms with E-state index in [2.05, 4.69) is 49.8 Å². The first-order valence-corrected chi connectivity index (χ1v) is 27.0. The molecule has 6 fully saturated rings. The molecule has 4 aliphatic heterocycles. The van der Waals surface area contributed by atoms with Gasteiger partial charge in [0.25, 0.3) is 0 Å². The Balaban J connectivity index is 0.933. The van der Waals surface area contributed by atoms with Gasteiger partial charge in [-0.15, -0.1) is 0 Å². The van der Waals surface area contributed by atoms with Gasteiger partial charge in [-0.2, -0.15) is 0 Å². The van der Waals surface area contributed by atoms with Crippen LogP contribution in [-0.4, -0.2) is 98.4 Å². The molecule has 15 nitrogen and oxygen atoms in total. The van der Waals surface area contributed by atoms with Crippen molar-refractivity contribution in [3.8, 4) is 0 Å². The van der Waals surface area contributed by atoms with Crippen molar-refractivity contribution >= 4 is 57.8 Å². The van der Waals surface area contributed by atoms with Gasteiger partial charge in [-0.3, -0.25) is 14.4 Å². The third kappa shape index (κ3) is 8.85. The van der Waals surface area contributed by atoms with Crippen molar-refractivity contribution in [1.82, 2.24) is 40.4 Å². The number of anilines is 2. The van der Waals surface area contributed by atoms with Crippen LogP contribution in [0.4, 0.5) is 25.0 Å². The average molecular weight is 1000 g/mol. The van der Waals surface area contributed by atoms with Gasteiger partial charge < -0.3 is 44.9 Å². The standard InChI is InChI=1S/C56H70F2N10O5/c1-30(2)49(59-29-69)54(70)67-43-13-9-11-32(43)25-47(67)52-60-39-17-15-34(23-41(39)62-52)45-19-20-46(66(45)36-27-37(57)51(38(58)28-36)65-21-7-6-8-22-65)35-16-18-40-42(24-35)63-53(61-40)48-26-33-12-10-14-44(33)68(48)55(71)50(31(3)4)64-56(72)73-5/h15-18,23-24,27-33,43-50H,6-14,19-22,25-26H2,1-5H3,(H,59,69)(H,60,62)(H,61,63)(H,64,72)/t32-,33-,43-,44-,45+,46+,47?,48-,49-,50-/m0/s1. The largest absolute Gasteiger partial charge is 0.453 e. The van der Waals surface area contributed by atoms with Crippen LogP contribution in [0.25, 0.3) is 22.1 Å². The summed E-state index contributed by atoms with van der Waals surface area (Å²) >= 11 is 0. The molecule has 2 aliphatic carbocycles. The van der Waals surface area contributed by atoms with E-state index in [9.17, 15) is 19.2 Å². The molecular weight excluding hydrogens is 931 g/mol. The maximum atomic E-state index is 16.5. The van der Waals surface area contributed by atoms with Crippen molar-refractivity contribution in [2.75, 3.05) is 30.0 Å². The zero-order chi connectivity index (χ0) is 50.8. The number of aromatic amines is 2. The van der Waals surface area contributed by atoms with Crippen molar-refractivity contribution in [2.45, 2.75) is 160 Å². The molecule has 6 heterocycles. The summed E-state index contributed by atoms with van der Waals surface area (Å²) in [6.45, 7) is 8.96. The van der Waals surface area contributed by atoms with E-state index in [-0.39, 0.29) is 65.6 Å². The molecule has 388 valence electrons. The minimum absolute atomic E-state index is 0.0307. The maximum Gasteiger partial charge on any atom is 0.407 e. The number of carbonyl (C=O) groups excluding carboxylic acids is 4. The summed E-state index contributed by atoms with van der Waals surface area (Å²) < 4.78 is 38.0. The van der Waals surface area contributed by atoms with E-state index in [0.717, 1.165) is 110 Å². The van der Waals surface area contributed by atoms with E-state index < -0.39 is 29.8 Å². The Morgan fingerprint density at radius 1 is 0.671 bits per heavy atom. The van der Waals surface area contributed by atoms with Crippen molar-refractivity contribution in [3.05, 3.63) is 82.9 Å². The summed E-state index contributed by atoms with van der Waals surface area (Å²) in [5, 5.41) is 5.59. The Hall–Kier alpha value is -6.26. The van der Waals surface area contributed by atoms with Gasteiger partial charge in [-0.05, 0) is 142 Å². The minimum Gasteiger partial charge on any atom is -0.453 e. The summed E-state index contributed by atoms with van der Waals surface area (Å²) in [5.41, 5.74) is 5.58. The number of rotatable bonds is 13. The molecule has 11 rings (SSSR count). The molecule has 1 unspecified atom stereocenters. The number of H-pyrrole nitrogens is 2. The molecule has 2 aromatic heterocycles. The predicted octanol–water partition coefficient (Wildman–Crippen LogP) is 9.83. The van der Waals surface area contributed by atoms with Crippen LogP contribution in [0.2, 0.25) is 0 Å². The van der Waals surface area contributed by atoms with Gasteiger partial charge in [0.2, 0.25) is 18.2 Å². The summed E-state index contributed by atoms with van der Waals surface area (Å²) in [6, 6.07) is 13.0. The molecule has 0 spiro atoms. The van der Waals surface area contributed by atoms with Gasteiger partial charge in [-0.25, -0.2) is 23.5 Å². The predicted molar refractivity (Wildman–Crippen MR) is 274 cm³/mol. The first-order chi connectivity index (χ1) is 35.3. The molecule has 4 amide bonds. The molecule has 17 heteroatoms. The summed E-state index contributed by atoms with van der Waals surface area (Å²) in [5.74, 6) is 0.508. The Labute approximate surface area is 425 Å². The Bertz CT molecular complexity index is 2870. The first kappa shape index (κ1) is 49.0. The number of amides is 4. The SMILES string of the molecule is COC(=O)N[C@H](C(=O)N1[C@H](c2nc3ccc([C@H]4CC[C@H](c5ccc6nc(C7C[C@@H]8CCC[C@@H]8N7C(=O)[C@@H](NC=O)C(C)C)[nH]c6c5)N4c4cc(F)c(N5CCCCC5)c(F)c4)cc3[nH]2)C[C@@H]2CCC[C@@H]21)C(C)C. The molecule has 4 saturated heterocycles. The minimum atomic E-state index is -0.755. The summed E-state index contributed by atoms with van der Waals surface area (Å²) in [7, 11) is 1.30. The van der Waals surface area contributed by atoms with Crippen molar-refractivity contribution in [3.63, 3.8) is 0 Å². The fourth-order valence-corrected chi connectivity index (χ4v) is 14.1. The number of alkyl carbamates (subject to hydrolysis) is 1. The van der Waals surface area contributed by atoms with Gasteiger partial charge in [0.05, 0.1) is 53.3 Å². The monoisotopic (exact) mass is 1000 g/mol. The fraction of sp³-hybridized carbons (Fsp3) is 0.571. The number of likely N-dealkylation sites (tertiary alicyclic amines) is 2. The topological polar surface area (TPSA) is 172 Å². The van der Waals surface area contributed by atoms with Crippen LogP contribution in [0, 0.1) is 35.3 Å². The lowest BCUT2D eigenvalue weighted by Crippen LogP contribution is -2.53. The van der Waals surface area contributed by atoms with Crippen molar-refractivity contribution in [1.29, 1.82) is 0 Å². The summed E-state index contributed by atoms with van der Waals surface area (Å²) in [6.07, 6.45) is 11.8. The number of nitrogens with zero attached hydrogens (tertiary/aromatic N) is 6. The second-order valence-corrected chi connectivity index (χ2v) is 22.5. The number of nitrogens with one attached hydrogen (secondary N) is 4. The van der Waals surface area contributed by atoms with Gasteiger partial charge in [-0.1, -0.05) is 52.7 Å². The van der Waals surface area contributed by atoms with Crippen molar-refractivity contribution < 1.29 is 32.7 Å². The smallest absolute Gasteiger partial charge is 0.407 e. The van der Waals surface area contributed by atoms with Crippen LogP contribution in [0.3, 0.4) is 0 Å². The highest BCUT2D eigenvalue weighted by atomic mass is 19.1. The number of piperidine rings is 1. The number of carbonyl (C=O) groups is 4. The third-order valence-corrected chi connectivity index (χ3v) is 17.6. The number of benzene rings is 3. The lowest BCUT2D eigenvalue weighted by Gasteiger charge is -2.35. The number of aromatic nitrogens is 4.